The van der Waals surface area contributed by atoms with E-state index in [-0.39, 0.29) is 5.91 Å². The zero-order chi connectivity index (χ0) is 22.2. The number of carbonyl (C=O) groups is 1. The molecule has 162 valence electrons. The molecule has 9 heteroatoms. The number of aromatic nitrogens is 2. The van der Waals surface area contributed by atoms with Gasteiger partial charge in [0.25, 0.3) is 5.91 Å². The minimum Gasteiger partial charge on any atom is -0.398 e. The third-order valence-electron chi connectivity index (χ3n) is 5.86. The van der Waals surface area contributed by atoms with Crippen LogP contribution in [0.3, 0.4) is 0 Å². The van der Waals surface area contributed by atoms with E-state index in [0.29, 0.717) is 47.7 Å². The van der Waals surface area contributed by atoms with Crippen LogP contribution in [0.1, 0.15) is 33.8 Å². The van der Waals surface area contributed by atoms with Gasteiger partial charge in [0, 0.05) is 37.0 Å². The highest BCUT2D eigenvalue weighted by Gasteiger charge is 2.30. The van der Waals surface area contributed by atoms with Crippen LogP contribution in [-0.4, -0.2) is 41.7 Å². The van der Waals surface area contributed by atoms with E-state index in [1.807, 2.05) is 23.1 Å². The van der Waals surface area contributed by atoms with Crippen molar-refractivity contribution in [2.45, 2.75) is 25.4 Å². The molecule has 0 aliphatic carbocycles. The van der Waals surface area contributed by atoms with Crippen LogP contribution < -0.4 is 15.5 Å². The third kappa shape index (κ3) is 3.67. The molecule has 0 spiro atoms. The number of nitrogens with zero attached hydrogens (tertiary/aromatic N) is 5. The maximum absolute atomic E-state index is 13.7. The highest BCUT2D eigenvalue weighted by Crippen LogP contribution is 2.34. The number of nitrogens with two attached hydrogens (primary N) is 1. The summed E-state index contributed by atoms with van der Waals surface area (Å²) in [6, 6.07) is 10.9. The van der Waals surface area contributed by atoms with Gasteiger partial charge in [-0.05, 0) is 43.2 Å². The second kappa shape index (κ2) is 8.20. The van der Waals surface area contributed by atoms with Crippen LogP contribution >= 0.6 is 11.3 Å². The molecule has 32 heavy (non-hydrogen) atoms. The molecule has 0 bridgehead atoms. The lowest BCUT2D eigenvalue weighted by Crippen LogP contribution is -2.37. The van der Waals surface area contributed by atoms with Crippen molar-refractivity contribution in [1.82, 2.24) is 9.97 Å². The van der Waals surface area contributed by atoms with Gasteiger partial charge in [-0.25, -0.2) is 14.4 Å². The summed E-state index contributed by atoms with van der Waals surface area (Å²) >= 11 is 1.35. The first kappa shape index (κ1) is 20.4. The zero-order valence-electron chi connectivity index (χ0n) is 17.3. The third-order valence-corrected chi connectivity index (χ3v) is 6.99. The molecular weight excluding hydrogens is 427 g/mol. The molecule has 1 aromatic carbocycles. The number of halogens is 1. The van der Waals surface area contributed by atoms with Crippen LogP contribution in [0.5, 0.6) is 0 Å². The molecule has 3 aromatic rings. The molecule has 4 heterocycles. The minimum atomic E-state index is -0.809. The quantitative estimate of drug-likeness (QED) is 0.612. The molecule has 0 saturated carbocycles. The number of pyridine rings is 1. The number of nitriles is 1. The topological polar surface area (TPSA) is 99.1 Å². The van der Waals surface area contributed by atoms with Gasteiger partial charge < -0.3 is 15.5 Å². The average Bonchev–Trinajstić information content (AvgIpc) is 3.25. The van der Waals surface area contributed by atoms with Gasteiger partial charge >= 0.3 is 0 Å². The molecule has 0 unspecified atom stereocenters. The van der Waals surface area contributed by atoms with Crippen molar-refractivity contribution in [2.75, 3.05) is 35.2 Å². The van der Waals surface area contributed by atoms with Gasteiger partial charge in [-0.15, -0.1) is 11.3 Å². The summed E-state index contributed by atoms with van der Waals surface area (Å²) in [5.41, 5.74) is 8.97. The number of thiazole rings is 1. The first-order valence-corrected chi connectivity index (χ1v) is 11.3. The Morgan fingerprint density at radius 2 is 2.12 bits per heavy atom. The number of alkyl halides is 1. The monoisotopic (exact) mass is 448 g/mol. The van der Waals surface area contributed by atoms with Crippen molar-refractivity contribution in [3.63, 3.8) is 0 Å². The van der Waals surface area contributed by atoms with Gasteiger partial charge in [0.15, 0.2) is 0 Å². The van der Waals surface area contributed by atoms with Crippen molar-refractivity contribution in [1.29, 1.82) is 5.26 Å². The molecule has 1 saturated heterocycles. The molecule has 5 rings (SSSR count). The lowest BCUT2D eigenvalue weighted by atomic mass is 10.1. The van der Waals surface area contributed by atoms with Crippen molar-refractivity contribution in [3.8, 4) is 16.6 Å². The normalized spacial score (nSPS) is 18.4. The Labute approximate surface area is 188 Å². The maximum atomic E-state index is 13.7. The average molecular weight is 449 g/mol. The van der Waals surface area contributed by atoms with Crippen LogP contribution in [0.25, 0.3) is 10.6 Å². The Morgan fingerprint density at radius 1 is 1.25 bits per heavy atom. The molecular formula is C23H21FN6OS. The predicted molar refractivity (Wildman–Crippen MR) is 123 cm³/mol. The Bertz CT molecular complexity index is 1220. The van der Waals surface area contributed by atoms with Crippen LogP contribution in [0.2, 0.25) is 0 Å². The van der Waals surface area contributed by atoms with Gasteiger partial charge in [-0.3, -0.25) is 4.79 Å². The van der Waals surface area contributed by atoms with Crippen LogP contribution in [-0.2, 0) is 6.42 Å². The summed E-state index contributed by atoms with van der Waals surface area (Å²) in [4.78, 5) is 26.6. The Kier molecular flexibility index (Phi) is 5.23. The van der Waals surface area contributed by atoms with E-state index < -0.39 is 6.17 Å². The standard InChI is InChI=1S/C23H21FN6OS/c24-16-2-1-8-29(13-16)20-6-4-15(12-27-20)22-28-19-7-9-30(23(31)21(19)32-22)17-5-3-14(11-25)18(26)10-17/h3-6,10,12,16H,1-2,7-9,13,26H2/t16-/m1/s1. The molecule has 1 fully saturated rings. The lowest BCUT2D eigenvalue weighted by Gasteiger charge is -2.29. The van der Waals surface area contributed by atoms with Gasteiger partial charge in [-0.2, -0.15) is 5.26 Å². The van der Waals surface area contributed by atoms with Gasteiger partial charge in [-0.1, -0.05) is 0 Å². The summed E-state index contributed by atoms with van der Waals surface area (Å²) in [6.07, 6.45) is 3.00. The van der Waals surface area contributed by atoms with Crippen molar-refractivity contribution in [2.24, 2.45) is 0 Å². The van der Waals surface area contributed by atoms with E-state index in [1.54, 1.807) is 29.3 Å². The molecule has 1 amide bonds. The Balaban J connectivity index is 1.37. The summed E-state index contributed by atoms with van der Waals surface area (Å²) in [6.45, 7) is 1.68. The summed E-state index contributed by atoms with van der Waals surface area (Å²) in [7, 11) is 0. The van der Waals surface area contributed by atoms with Gasteiger partial charge in [0.05, 0.1) is 23.5 Å². The fourth-order valence-electron chi connectivity index (χ4n) is 4.15. The summed E-state index contributed by atoms with van der Waals surface area (Å²) < 4.78 is 13.7. The van der Waals surface area contributed by atoms with Crippen LogP contribution in [0, 0.1) is 11.3 Å². The molecule has 2 N–H and O–H groups in total. The number of amides is 1. The van der Waals surface area contributed by atoms with Crippen molar-refractivity contribution in [3.05, 3.63) is 52.7 Å². The first-order chi connectivity index (χ1) is 15.5. The van der Waals surface area contributed by atoms with Gasteiger partial charge in [0.2, 0.25) is 0 Å². The van der Waals surface area contributed by atoms with E-state index in [9.17, 15) is 9.18 Å². The number of benzene rings is 1. The Hall–Kier alpha value is -3.51. The van der Waals surface area contributed by atoms with E-state index in [2.05, 4.69) is 9.97 Å². The highest BCUT2D eigenvalue weighted by atomic mass is 32.1. The van der Waals surface area contributed by atoms with Crippen LogP contribution in [0.4, 0.5) is 21.6 Å². The van der Waals surface area contributed by atoms with Crippen molar-refractivity contribution < 1.29 is 9.18 Å². The summed E-state index contributed by atoms with van der Waals surface area (Å²) in [5, 5.41) is 9.82. The zero-order valence-corrected chi connectivity index (χ0v) is 18.1. The van der Waals surface area contributed by atoms with Crippen molar-refractivity contribution >= 4 is 34.4 Å². The van der Waals surface area contributed by atoms with E-state index in [1.165, 1.54) is 11.3 Å². The Morgan fingerprint density at radius 3 is 2.84 bits per heavy atom. The largest absolute Gasteiger partial charge is 0.398 e. The molecule has 2 aromatic heterocycles. The fraction of sp³-hybridized carbons (Fsp3) is 0.304. The first-order valence-electron chi connectivity index (χ1n) is 10.5. The number of anilines is 3. The number of fused-ring (bicyclic) bond motifs is 1. The number of hydrogen-bond acceptors (Lipinski definition) is 7. The van der Waals surface area contributed by atoms with Crippen LogP contribution in [0.15, 0.2) is 36.5 Å². The summed E-state index contributed by atoms with van der Waals surface area (Å²) in [5.74, 6) is 0.643. The molecule has 1 atom stereocenters. The lowest BCUT2D eigenvalue weighted by molar-refractivity contribution is 0.0984. The molecule has 7 nitrogen and oxygen atoms in total. The number of piperidine rings is 1. The van der Waals surface area contributed by atoms with E-state index in [4.69, 9.17) is 11.0 Å². The number of nitrogen functional groups attached to an aromatic ring is 1. The maximum Gasteiger partial charge on any atom is 0.270 e. The van der Waals surface area contributed by atoms with E-state index >= 15 is 0 Å². The molecule has 2 aliphatic rings. The number of hydrogen-bond donors (Lipinski definition) is 1. The predicted octanol–water partition coefficient (Wildman–Crippen LogP) is 3.80. The SMILES string of the molecule is N#Cc1ccc(N2CCc3nc(-c4ccc(N5CCC[C@@H](F)C5)nc4)sc3C2=O)cc1N. The van der Waals surface area contributed by atoms with Gasteiger partial charge in [0.1, 0.15) is 27.9 Å². The second-order valence-electron chi connectivity index (χ2n) is 7.98. The molecule has 2 aliphatic heterocycles. The van der Waals surface area contributed by atoms with E-state index in [0.717, 1.165) is 35.0 Å². The number of rotatable bonds is 3. The minimum absolute atomic E-state index is 0.119. The second-order valence-corrected chi connectivity index (χ2v) is 8.97. The fourth-order valence-corrected chi connectivity index (χ4v) is 5.20. The molecule has 0 radical (unpaired) electrons. The number of carbonyl (C=O) groups excluding carboxylic acids is 1. The highest BCUT2D eigenvalue weighted by molar-refractivity contribution is 7.17. The smallest absolute Gasteiger partial charge is 0.270 e.